The Morgan fingerprint density at radius 2 is 1.88 bits per heavy atom. The molecule has 3 aromatic carbocycles. The minimum Gasteiger partial charge on any atom is -0.439 e. The fourth-order valence-electron chi connectivity index (χ4n) is 3.93. The second-order valence-electron chi connectivity index (χ2n) is 7.88. The van der Waals surface area contributed by atoms with Gasteiger partial charge in [-0.05, 0) is 47.4 Å². The molecular weight excluding hydrogens is 436 g/mol. The molecule has 0 radical (unpaired) electrons. The molecular formula is C27H24ClN2OS+. The monoisotopic (exact) mass is 459 g/mol. The number of fused-ring (bicyclic) bond motifs is 2. The number of anilines is 1. The van der Waals surface area contributed by atoms with Crippen molar-refractivity contribution in [1.29, 1.82) is 0 Å². The second-order valence-corrected chi connectivity index (χ2v) is 9.38. The van der Waals surface area contributed by atoms with Gasteiger partial charge in [-0.3, -0.25) is 0 Å². The number of hydrogen-bond donors (Lipinski definition) is 0. The quantitative estimate of drug-likeness (QED) is 0.300. The molecule has 1 aliphatic rings. The molecule has 1 aromatic heterocycles. The van der Waals surface area contributed by atoms with Crippen molar-refractivity contribution in [2.24, 2.45) is 7.05 Å². The van der Waals surface area contributed by atoms with Gasteiger partial charge in [0.25, 0.3) is 5.01 Å². The van der Waals surface area contributed by atoms with Crippen LogP contribution in [0.2, 0.25) is 5.02 Å². The summed E-state index contributed by atoms with van der Waals surface area (Å²) in [7, 11) is 4.14. The van der Waals surface area contributed by atoms with Crippen molar-refractivity contribution in [2.75, 3.05) is 11.9 Å². The second kappa shape index (κ2) is 8.45. The van der Waals surface area contributed by atoms with Crippen LogP contribution in [0.1, 0.15) is 18.4 Å². The fraction of sp³-hybridized carbons (Fsp3) is 0.148. The van der Waals surface area contributed by atoms with Gasteiger partial charge < -0.3 is 9.64 Å². The van der Waals surface area contributed by atoms with Crippen molar-refractivity contribution < 1.29 is 9.30 Å². The summed E-state index contributed by atoms with van der Waals surface area (Å²) in [4.78, 5) is 2.12. The number of aryl methyl sites for hydroxylation is 1. The van der Waals surface area contributed by atoms with E-state index >= 15 is 0 Å². The van der Waals surface area contributed by atoms with Crippen LogP contribution < -0.4 is 14.2 Å². The molecule has 0 amide bonds. The Labute approximate surface area is 197 Å². The molecule has 0 aliphatic carbocycles. The van der Waals surface area contributed by atoms with E-state index in [0.29, 0.717) is 0 Å². The van der Waals surface area contributed by atoms with Crippen LogP contribution in [0.15, 0.2) is 84.3 Å². The number of rotatable bonds is 4. The molecule has 0 saturated carbocycles. The van der Waals surface area contributed by atoms with E-state index in [-0.39, 0.29) is 0 Å². The summed E-state index contributed by atoms with van der Waals surface area (Å²) >= 11 is 7.97. The van der Waals surface area contributed by atoms with E-state index in [9.17, 15) is 0 Å². The molecule has 0 fully saturated rings. The highest BCUT2D eigenvalue weighted by atomic mass is 35.5. The molecule has 5 heteroatoms. The highest BCUT2D eigenvalue weighted by molar-refractivity contribution is 7.18. The van der Waals surface area contributed by atoms with Gasteiger partial charge in [-0.15, -0.1) is 0 Å². The average Bonchev–Trinajstić information content (AvgIpc) is 3.29. The Kier molecular flexibility index (Phi) is 5.50. The van der Waals surface area contributed by atoms with Gasteiger partial charge in [0.2, 0.25) is 11.4 Å². The third kappa shape index (κ3) is 3.81. The number of benzene rings is 3. The first-order valence-electron chi connectivity index (χ1n) is 10.6. The predicted octanol–water partition coefficient (Wildman–Crippen LogP) is 7.21. The third-order valence-electron chi connectivity index (χ3n) is 5.83. The van der Waals surface area contributed by atoms with Crippen molar-refractivity contribution in [2.45, 2.75) is 13.3 Å². The normalized spacial score (nSPS) is 14.8. The van der Waals surface area contributed by atoms with Gasteiger partial charge in [0.1, 0.15) is 11.7 Å². The van der Waals surface area contributed by atoms with E-state index < -0.39 is 0 Å². The first-order chi connectivity index (χ1) is 15.5. The number of hydrogen-bond acceptors (Lipinski definition) is 3. The smallest absolute Gasteiger partial charge is 0.262 e. The molecule has 3 nitrogen and oxygen atoms in total. The zero-order valence-electron chi connectivity index (χ0n) is 18.3. The van der Waals surface area contributed by atoms with Crippen LogP contribution in [0, 0.1) is 0 Å². The molecule has 5 rings (SSSR count). The van der Waals surface area contributed by atoms with E-state index in [0.717, 1.165) is 34.3 Å². The number of nitrogens with zero attached hydrogens (tertiary/aromatic N) is 2. The molecule has 0 atom stereocenters. The van der Waals surface area contributed by atoms with E-state index in [2.05, 4.69) is 91.2 Å². The van der Waals surface area contributed by atoms with Gasteiger partial charge in [0.15, 0.2) is 5.75 Å². The van der Waals surface area contributed by atoms with Gasteiger partial charge in [-0.1, -0.05) is 66.3 Å². The summed E-state index contributed by atoms with van der Waals surface area (Å²) in [6.07, 6.45) is 5.28. The van der Waals surface area contributed by atoms with Gasteiger partial charge in [-0.25, -0.2) is 0 Å². The number of thiazole rings is 1. The Bertz CT molecular complexity index is 1370. The van der Waals surface area contributed by atoms with Crippen LogP contribution in [0.5, 0.6) is 5.75 Å². The van der Waals surface area contributed by atoms with Gasteiger partial charge in [-0.2, -0.15) is 4.57 Å². The fourth-order valence-corrected chi connectivity index (χ4v) is 5.20. The molecule has 32 heavy (non-hydrogen) atoms. The molecule has 1 aliphatic heterocycles. The SMILES string of the molecule is CCC(=Cc1sc2ccc(Cl)cc2[n+]1C)C=C1Oc2ccc(-c3ccccc3)cc2N1C. The molecule has 0 saturated heterocycles. The van der Waals surface area contributed by atoms with Crippen LogP contribution in [0.4, 0.5) is 5.69 Å². The summed E-state index contributed by atoms with van der Waals surface area (Å²) in [6, 6.07) is 22.8. The highest BCUT2D eigenvalue weighted by Crippen LogP contribution is 2.41. The minimum atomic E-state index is 0.757. The summed E-state index contributed by atoms with van der Waals surface area (Å²) in [5.41, 5.74) is 5.81. The lowest BCUT2D eigenvalue weighted by atomic mass is 10.0. The van der Waals surface area contributed by atoms with Crippen molar-refractivity contribution >= 4 is 44.9 Å². The standard InChI is InChI=1S/C27H24ClN2OS/c1-4-18(15-27-30(3)23-17-21(28)11-13-25(23)32-27)14-26-29(2)22-16-20(10-12-24(22)31-26)19-8-6-5-7-9-19/h5-17H,4H2,1-3H3/q+1. The number of halogens is 1. The van der Waals surface area contributed by atoms with Crippen molar-refractivity contribution in [3.05, 3.63) is 94.3 Å². The highest BCUT2D eigenvalue weighted by Gasteiger charge is 2.24. The molecule has 0 spiro atoms. The maximum Gasteiger partial charge on any atom is 0.262 e. The number of aromatic nitrogens is 1. The molecule has 0 bridgehead atoms. The van der Waals surface area contributed by atoms with E-state index in [4.69, 9.17) is 16.3 Å². The zero-order valence-corrected chi connectivity index (χ0v) is 19.9. The zero-order chi connectivity index (χ0) is 22.2. The largest absolute Gasteiger partial charge is 0.439 e. The predicted molar refractivity (Wildman–Crippen MR) is 135 cm³/mol. The molecule has 4 aromatic rings. The van der Waals surface area contributed by atoms with E-state index in [1.165, 1.54) is 26.4 Å². The van der Waals surface area contributed by atoms with Gasteiger partial charge >= 0.3 is 0 Å². The number of ether oxygens (including phenoxy) is 1. The molecule has 0 unspecified atom stereocenters. The maximum atomic E-state index is 6.21. The van der Waals surface area contributed by atoms with Gasteiger partial charge in [0, 0.05) is 30.3 Å². The lowest BCUT2D eigenvalue weighted by Crippen LogP contribution is -2.29. The average molecular weight is 460 g/mol. The lowest BCUT2D eigenvalue weighted by molar-refractivity contribution is -0.642. The van der Waals surface area contributed by atoms with Crippen molar-refractivity contribution in [3.63, 3.8) is 0 Å². The summed E-state index contributed by atoms with van der Waals surface area (Å²) in [5.74, 6) is 1.72. The molecule has 2 heterocycles. The Balaban J connectivity index is 1.47. The molecule has 160 valence electrons. The summed E-state index contributed by atoms with van der Waals surface area (Å²) < 4.78 is 9.63. The minimum absolute atomic E-state index is 0.757. The molecule has 0 N–H and O–H groups in total. The van der Waals surface area contributed by atoms with Crippen molar-refractivity contribution in [3.8, 4) is 16.9 Å². The lowest BCUT2D eigenvalue weighted by Gasteiger charge is -2.12. The van der Waals surface area contributed by atoms with Crippen LogP contribution in [-0.4, -0.2) is 7.05 Å². The summed E-state index contributed by atoms with van der Waals surface area (Å²) in [6.45, 7) is 2.17. The van der Waals surface area contributed by atoms with Crippen LogP contribution >= 0.6 is 22.9 Å². The summed E-state index contributed by atoms with van der Waals surface area (Å²) in [5, 5.41) is 1.94. The maximum absolute atomic E-state index is 6.21. The topological polar surface area (TPSA) is 16.4 Å². The third-order valence-corrected chi connectivity index (χ3v) is 7.23. The van der Waals surface area contributed by atoms with Crippen LogP contribution in [-0.2, 0) is 7.05 Å². The van der Waals surface area contributed by atoms with Crippen LogP contribution in [0.25, 0.3) is 27.4 Å². The first-order valence-corrected chi connectivity index (χ1v) is 11.8. The number of allylic oxidation sites excluding steroid dienone is 2. The van der Waals surface area contributed by atoms with E-state index in [1.807, 2.05) is 18.2 Å². The Morgan fingerprint density at radius 1 is 1.06 bits per heavy atom. The Hall–Kier alpha value is -3.08. The van der Waals surface area contributed by atoms with E-state index in [1.54, 1.807) is 11.3 Å². The van der Waals surface area contributed by atoms with Crippen molar-refractivity contribution in [1.82, 2.24) is 0 Å². The van der Waals surface area contributed by atoms with Crippen LogP contribution in [0.3, 0.4) is 0 Å². The Morgan fingerprint density at radius 3 is 2.66 bits per heavy atom. The first kappa shape index (κ1) is 20.8. The van der Waals surface area contributed by atoms with Gasteiger partial charge in [0.05, 0.1) is 5.69 Å².